The molecular formula is C28H25NO6. The number of ether oxygens (including phenoxy) is 2. The molecule has 178 valence electrons. The highest BCUT2D eigenvalue weighted by molar-refractivity contribution is 6.46. The molecule has 0 radical (unpaired) electrons. The van der Waals surface area contributed by atoms with E-state index in [9.17, 15) is 19.5 Å². The van der Waals surface area contributed by atoms with Crippen molar-refractivity contribution in [3.05, 3.63) is 106 Å². The van der Waals surface area contributed by atoms with Gasteiger partial charge in [0.25, 0.3) is 11.7 Å². The van der Waals surface area contributed by atoms with E-state index in [2.05, 4.69) is 0 Å². The first kappa shape index (κ1) is 23.8. The molecule has 3 aromatic carbocycles. The first-order valence-electron chi connectivity index (χ1n) is 11.0. The predicted octanol–water partition coefficient (Wildman–Crippen LogP) is 4.41. The first-order chi connectivity index (χ1) is 16.8. The van der Waals surface area contributed by atoms with Crippen LogP contribution in [0.25, 0.3) is 5.76 Å². The smallest absolute Gasteiger partial charge is 0.337 e. The zero-order valence-corrected chi connectivity index (χ0v) is 19.6. The molecule has 4 rings (SSSR count). The van der Waals surface area contributed by atoms with E-state index >= 15 is 0 Å². The molecular weight excluding hydrogens is 446 g/mol. The van der Waals surface area contributed by atoms with E-state index in [-0.39, 0.29) is 17.9 Å². The van der Waals surface area contributed by atoms with Crippen LogP contribution in [-0.4, -0.2) is 41.9 Å². The Morgan fingerprint density at radius 1 is 0.886 bits per heavy atom. The molecule has 1 unspecified atom stereocenters. The summed E-state index contributed by atoms with van der Waals surface area (Å²) in [6.45, 7) is 2.03. The Labute approximate surface area is 203 Å². The Balaban J connectivity index is 1.79. The minimum Gasteiger partial charge on any atom is -0.507 e. The molecule has 1 aliphatic heterocycles. The summed E-state index contributed by atoms with van der Waals surface area (Å²) < 4.78 is 9.98. The summed E-state index contributed by atoms with van der Waals surface area (Å²) >= 11 is 0. The number of carbonyl (C=O) groups excluding carboxylic acids is 3. The second kappa shape index (κ2) is 9.85. The third-order valence-electron chi connectivity index (χ3n) is 6.02. The maximum absolute atomic E-state index is 13.2. The van der Waals surface area contributed by atoms with Gasteiger partial charge < -0.3 is 19.5 Å². The number of carbonyl (C=O) groups is 3. The number of hydrogen-bond donors (Lipinski definition) is 1. The first-order valence-corrected chi connectivity index (χ1v) is 11.0. The van der Waals surface area contributed by atoms with Gasteiger partial charge in [-0.1, -0.05) is 54.1 Å². The lowest BCUT2D eigenvalue weighted by Crippen LogP contribution is -2.29. The number of amides is 1. The number of likely N-dealkylation sites (tertiary alicyclic amines) is 1. The van der Waals surface area contributed by atoms with Crippen LogP contribution in [0.15, 0.2) is 78.4 Å². The van der Waals surface area contributed by atoms with Crippen molar-refractivity contribution >= 4 is 23.4 Å². The lowest BCUT2D eigenvalue weighted by molar-refractivity contribution is -0.140. The van der Waals surface area contributed by atoms with Crippen molar-refractivity contribution in [3.8, 4) is 5.75 Å². The summed E-state index contributed by atoms with van der Waals surface area (Å²) in [5.41, 5.74) is 3.23. The zero-order valence-electron chi connectivity index (χ0n) is 19.6. The molecule has 1 fully saturated rings. The van der Waals surface area contributed by atoms with Crippen molar-refractivity contribution < 1.29 is 29.0 Å². The number of nitrogens with zero attached hydrogens (tertiary/aromatic N) is 1. The average molecular weight is 472 g/mol. The standard InChI is InChI=1S/C28H25NO6/c1-17-4-8-20(9-5-17)25(30)23-24(19-12-14-22(34-2)15-13-19)29(27(32)26(23)31)16-18-6-10-21(11-7-18)28(33)35-3/h4-15,24,30H,16H2,1-3H3/b25-23+. The van der Waals surface area contributed by atoms with Crippen molar-refractivity contribution in [1.29, 1.82) is 0 Å². The number of ketones is 1. The van der Waals surface area contributed by atoms with Crippen LogP contribution in [0, 0.1) is 6.92 Å². The van der Waals surface area contributed by atoms with Gasteiger partial charge in [-0.05, 0) is 42.3 Å². The SMILES string of the molecule is COC(=O)c1ccc(CN2C(=O)C(=O)/C(=C(/O)c3ccc(C)cc3)C2c2ccc(OC)cc2)cc1. The fourth-order valence-corrected chi connectivity index (χ4v) is 4.10. The number of aryl methyl sites for hydroxylation is 1. The molecule has 0 spiro atoms. The number of Topliss-reactive ketones (excluding diaryl/α,β-unsaturated/α-hetero) is 1. The minimum absolute atomic E-state index is 0.0233. The number of hydrogen-bond acceptors (Lipinski definition) is 6. The van der Waals surface area contributed by atoms with E-state index in [1.807, 2.05) is 19.1 Å². The van der Waals surface area contributed by atoms with Crippen molar-refractivity contribution in [3.63, 3.8) is 0 Å². The van der Waals surface area contributed by atoms with Crippen molar-refractivity contribution in [1.82, 2.24) is 4.90 Å². The van der Waals surface area contributed by atoms with Gasteiger partial charge >= 0.3 is 5.97 Å². The van der Waals surface area contributed by atoms with Crippen LogP contribution >= 0.6 is 0 Å². The highest BCUT2D eigenvalue weighted by Crippen LogP contribution is 2.40. The van der Waals surface area contributed by atoms with E-state index in [0.717, 1.165) is 5.56 Å². The molecule has 1 aliphatic rings. The predicted molar refractivity (Wildman–Crippen MR) is 130 cm³/mol. The van der Waals surface area contributed by atoms with Crippen LogP contribution in [0.2, 0.25) is 0 Å². The molecule has 1 saturated heterocycles. The molecule has 0 aliphatic carbocycles. The van der Waals surface area contributed by atoms with Crippen LogP contribution in [0.3, 0.4) is 0 Å². The van der Waals surface area contributed by atoms with E-state index in [0.29, 0.717) is 28.0 Å². The monoisotopic (exact) mass is 471 g/mol. The Morgan fingerprint density at radius 3 is 2.06 bits per heavy atom. The fraction of sp³-hybridized carbons (Fsp3) is 0.179. The van der Waals surface area contributed by atoms with Gasteiger partial charge in [0, 0.05) is 12.1 Å². The van der Waals surface area contributed by atoms with Gasteiger partial charge in [0.1, 0.15) is 11.5 Å². The zero-order chi connectivity index (χ0) is 25.1. The van der Waals surface area contributed by atoms with Gasteiger partial charge in [0.05, 0.1) is 31.4 Å². The summed E-state index contributed by atoms with van der Waals surface area (Å²) in [5, 5.41) is 11.1. The molecule has 1 N–H and O–H groups in total. The van der Waals surface area contributed by atoms with Crippen molar-refractivity contribution in [2.24, 2.45) is 0 Å². The van der Waals surface area contributed by atoms with Gasteiger partial charge in [-0.2, -0.15) is 0 Å². The molecule has 7 nitrogen and oxygen atoms in total. The van der Waals surface area contributed by atoms with Crippen molar-refractivity contribution in [2.45, 2.75) is 19.5 Å². The minimum atomic E-state index is -0.803. The van der Waals surface area contributed by atoms with E-state index in [1.165, 1.54) is 12.0 Å². The number of rotatable bonds is 6. The molecule has 3 aromatic rings. The molecule has 1 atom stereocenters. The molecule has 35 heavy (non-hydrogen) atoms. The van der Waals surface area contributed by atoms with Crippen LogP contribution < -0.4 is 4.74 Å². The number of aliphatic hydroxyl groups excluding tert-OH is 1. The Morgan fingerprint density at radius 2 is 1.49 bits per heavy atom. The molecule has 0 bridgehead atoms. The summed E-state index contributed by atoms with van der Waals surface area (Å²) in [6, 6.07) is 19.9. The van der Waals surface area contributed by atoms with E-state index in [1.54, 1.807) is 67.8 Å². The average Bonchev–Trinajstić information content (AvgIpc) is 3.13. The number of methoxy groups -OCH3 is 2. The molecule has 7 heteroatoms. The normalized spacial score (nSPS) is 16.9. The second-order valence-electron chi connectivity index (χ2n) is 8.25. The summed E-state index contributed by atoms with van der Waals surface area (Å²) in [6.07, 6.45) is 0. The lowest BCUT2D eigenvalue weighted by Gasteiger charge is -2.25. The summed E-state index contributed by atoms with van der Waals surface area (Å²) in [4.78, 5) is 39.5. The third-order valence-corrected chi connectivity index (χ3v) is 6.02. The van der Waals surface area contributed by atoms with Gasteiger partial charge in [-0.25, -0.2) is 4.79 Å². The molecule has 0 aromatic heterocycles. The Bertz CT molecular complexity index is 1290. The van der Waals surface area contributed by atoms with Gasteiger partial charge in [-0.15, -0.1) is 0 Å². The Kier molecular flexibility index (Phi) is 6.68. The quantitative estimate of drug-likeness (QED) is 0.248. The van der Waals surface area contributed by atoms with Crippen LogP contribution in [0.4, 0.5) is 0 Å². The number of esters is 1. The number of benzene rings is 3. The van der Waals surface area contributed by atoms with Crippen LogP contribution in [0.5, 0.6) is 5.75 Å². The summed E-state index contributed by atoms with van der Waals surface area (Å²) in [7, 11) is 2.86. The second-order valence-corrected chi connectivity index (χ2v) is 8.25. The summed E-state index contributed by atoms with van der Waals surface area (Å²) in [5.74, 6) is -1.53. The molecule has 1 heterocycles. The van der Waals surface area contributed by atoms with Crippen LogP contribution in [0.1, 0.15) is 38.7 Å². The van der Waals surface area contributed by atoms with Crippen molar-refractivity contribution in [2.75, 3.05) is 14.2 Å². The molecule has 0 saturated carbocycles. The van der Waals surface area contributed by atoms with Gasteiger partial charge in [0.2, 0.25) is 0 Å². The van der Waals surface area contributed by atoms with E-state index < -0.39 is 23.7 Å². The topological polar surface area (TPSA) is 93.1 Å². The maximum Gasteiger partial charge on any atom is 0.337 e. The van der Waals surface area contributed by atoms with E-state index in [4.69, 9.17) is 9.47 Å². The Hall–Kier alpha value is -4.39. The van der Waals surface area contributed by atoms with Gasteiger partial charge in [0.15, 0.2) is 0 Å². The lowest BCUT2D eigenvalue weighted by atomic mass is 9.95. The highest BCUT2D eigenvalue weighted by Gasteiger charge is 2.46. The van der Waals surface area contributed by atoms with Gasteiger partial charge in [-0.3, -0.25) is 9.59 Å². The highest BCUT2D eigenvalue weighted by atomic mass is 16.5. The molecule has 1 amide bonds. The van der Waals surface area contributed by atoms with Crippen LogP contribution in [-0.2, 0) is 20.9 Å². The number of aliphatic hydroxyl groups is 1. The largest absolute Gasteiger partial charge is 0.507 e. The third kappa shape index (κ3) is 4.66. The maximum atomic E-state index is 13.2. The fourth-order valence-electron chi connectivity index (χ4n) is 4.10.